The summed E-state index contributed by atoms with van der Waals surface area (Å²) in [5.74, 6) is -0.999. The van der Waals surface area contributed by atoms with E-state index in [1.54, 1.807) is 23.4 Å². The first-order valence-electron chi connectivity index (χ1n) is 18.6. The maximum absolute atomic E-state index is 14.8. The lowest BCUT2D eigenvalue weighted by atomic mass is 9.50. The molecule has 2 N–H and O–H groups in total. The first-order valence-corrected chi connectivity index (χ1v) is 18.6. The first-order chi connectivity index (χ1) is 25.4. The summed E-state index contributed by atoms with van der Waals surface area (Å²) in [6, 6.07) is 7.46. The number of hydrogen-bond acceptors (Lipinski definition) is 10. The molecule has 1 amide bonds. The zero-order chi connectivity index (χ0) is 36.8. The number of carboxylic acid groups (broad SMARTS) is 1. The van der Waals surface area contributed by atoms with Crippen molar-refractivity contribution in [1.82, 2.24) is 25.3 Å². The van der Waals surface area contributed by atoms with Gasteiger partial charge in [0.2, 0.25) is 11.9 Å². The molecule has 3 aromatic rings. The number of nitrogens with one attached hydrogen (secondary N) is 1. The van der Waals surface area contributed by atoms with E-state index in [1.807, 2.05) is 18.2 Å². The van der Waals surface area contributed by atoms with E-state index >= 15 is 0 Å². The number of carbonyl (C=O) groups is 2. The molecule has 9 rings (SSSR count). The fourth-order valence-corrected chi connectivity index (χ4v) is 10.5. The molecule has 53 heavy (non-hydrogen) atoms. The van der Waals surface area contributed by atoms with Crippen molar-refractivity contribution in [2.75, 3.05) is 42.6 Å². The molecule has 5 unspecified atom stereocenters. The highest BCUT2D eigenvalue weighted by molar-refractivity contribution is 5.99. The smallest absolute Gasteiger partial charge is 0.434 e. The molecule has 3 saturated carbocycles. The van der Waals surface area contributed by atoms with Crippen LogP contribution in [0, 0.1) is 23.2 Å². The van der Waals surface area contributed by atoms with Gasteiger partial charge in [0.15, 0.2) is 5.69 Å². The second kappa shape index (κ2) is 12.3. The lowest BCUT2D eigenvalue weighted by Gasteiger charge is -2.55. The van der Waals surface area contributed by atoms with Crippen molar-refractivity contribution in [2.24, 2.45) is 23.2 Å². The monoisotopic (exact) mass is 733 g/mol. The van der Waals surface area contributed by atoms with Gasteiger partial charge in [0.25, 0.3) is 5.91 Å². The quantitative estimate of drug-likeness (QED) is 0.316. The van der Waals surface area contributed by atoms with Gasteiger partial charge in [-0.2, -0.15) is 13.2 Å². The van der Waals surface area contributed by atoms with Crippen LogP contribution < -0.4 is 19.9 Å². The van der Waals surface area contributed by atoms with Gasteiger partial charge in [-0.1, -0.05) is 6.92 Å². The average molecular weight is 734 g/mol. The van der Waals surface area contributed by atoms with E-state index in [4.69, 9.17) is 9.47 Å². The predicted molar refractivity (Wildman–Crippen MR) is 185 cm³/mol. The number of benzene rings is 1. The fraction of sp³-hybridized carbons (Fsp3) is 0.579. The Hall–Kier alpha value is -4.53. The lowest BCUT2D eigenvalue weighted by molar-refractivity contribution is -0.152. The molecule has 12 nitrogen and oxygen atoms in total. The number of carboxylic acids is 1. The Morgan fingerprint density at radius 2 is 1.74 bits per heavy atom. The van der Waals surface area contributed by atoms with Crippen molar-refractivity contribution in [3.8, 4) is 5.75 Å². The van der Waals surface area contributed by atoms with E-state index in [9.17, 15) is 27.9 Å². The van der Waals surface area contributed by atoms with Crippen molar-refractivity contribution in [2.45, 2.75) is 81.5 Å². The Bertz CT molecular complexity index is 1940. The number of aromatic nitrogens is 4. The SMILES string of the molecule is CC12CC3CC1CC2CC3(NC(=O)c1cnc(N2CC3(CCOCC3)c3cc(OC4CCN(c5ncccn5)CC4)ccc32)nc1C(F)(F)F)C(=O)O. The standard InChI is InChI=1S/C38H42F3N7O5/c1-35-18-24-16-22(35)15-23(35)19-37(24,32(50)51)46-31(49)27-20-44-34(45-30(27)38(39,40)41)48-21-36(7-13-52-14-8-36)28-17-26(3-4-29(28)48)53-25-5-11-47(12-6-25)33-42-9-2-10-43-33/h2-4,9-10,17,20,22-25H,5-8,11-16,18-19,21H2,1H3,(H,46,49)(H,50,51). The Balaban J connectivity index is 0.985. The zero-order valence-corrected chi connectivity index (χ0v) is 29.4. The van der Waals surface area contributed by atoms with Crippen LogP contribution in [-0.4, -0.2) is 81.4 Å². The molecule has 15 heteroatoms. The first kappa shape index (κ1) is 34.3. The summed E-state index contributed by atoms with van der Waals surface area (Å²) in [6.45, 7) is 4.99. The number of halogens is 3. The van der Waals surface area contributed by atoms with E-state index in [-0.39, 0.29) is 35.7 Å². The molecule has 5 heterocycles. The van der Waals surface area contributed by atoms with Crippen LogP contribution in [0.2, 0.25) is 0 Å². The number of hydrogen-bond donors (Lipinski definition) is 2. The van der Waals surface area contributed by atoms with E-state index in [0.29, 0.717) is 68.7 Å². The van der Waals surface area contributed by atoms with E-state index in [0.717, 1.165) is 44.1 Å². The van der Waals surface area contributed by atoms with Gasteiger partial charge in [-0.25, -0.2) is 24.7 Å². The number of fused-ring (bicyclic) bond motifs is 3. The fourth-order valence-electron chi connectivity index (χ4n) is 10.5. The predicted octanol–water partition coefficient (Wildman–Crippen LogP) is 5.54. The molecule has 0 radical (unpaired) electrons. The zero-order valence-electron chi connectivity index (χ0n) is 29.4. The molecular weight excluding hydrogens is 691 g/mol. The maximum atomic E-state index is 14.8. The number of carbonyl (C=O) groups excluding carboxylic acids is 1. The van der Waals surface area contributed by atoms with Gasteiger partial charge in [-0.05, 0) is 91.5 Å². The summed E-state index contributed by atoms with van der Waals surface area (Å²) in [7, 11) is 0. The summed E-state index contributed by atoms with van der Waals surface area (Å²) < 4.78 is 56.5. The molecule has 2 bridgehead atoms. The molecule has 5 fully saturated rings. The van der Waals surface area contributed by atoms with E-state index in [1.165, 1.54) is 0 Å². The highest BCUT2D eigenvalue weighted by Gasteiger charge is 2.69. The molecule has 3 aliphatic carbocycles. The third-order valence-corrected chi connectivity index (χ3v) is 13.5. The molecule has 1 spiro atoms. The van der Waals surface area contributed by atoms with Gasteiger partial charge in [0.05, 0.1) is 5.56 Å². The van der Waals surface area contributed by atoms with Crippen LogP contribution >= 0.6 is 0 Å². The molecule has 5 atom stereocenters. The van der Waals surface area contributed by atoms with Crippen molar-refractivity contribution in [3.05, 3.63) is 59.7 Å². The summed E-state index contributed by atoms with van der Waals surface area (Å²) in [4.78, 5) is 47.4. The van der Waals surface area contributed by atoms with Crippen LogP contribution in [0.1, 0.15) is 79.9 Å². The second-order valence-corrected chi connectivity index (χ2v) is 16.1. The maximum Gasteiger partial charge on any atom is 0.434 e. The summed E-state index contributed by atoms with van der Waals surface area (Å²) in [5, 5.41) is 13.0. The molecule has 2 saturated heterocycles. The number of rotatable bonds is 7. The minimum Gasteiger partial charge on any atom is -0.490 e. The highest BCUT2D eigenvalue weighted by atomic mass is 19.4. The van der Waals surface area contributed by atoms with Crippen molar-refractivity contribution in [3.63, 3.8) is 0 Å². The molecular formula is C38H42F3N7O5. The largest absolute Gasteiger partial charge is 0.490 e. The molecule has 6 aliphatic rings. The Morgan fingerprint density at radius 1 is 1.00 bits per heavy atom. The van der Waals surface area contributed by atoms with Crippen LogP contribution in [0.25, 0.3) is 0 Å². The summed E-state index contributed by atoms with van der Waals surface area (Å²) in [5.41, 5.74) is -2.58. The number of aliphatic carboxylic acids is 1. The number of ether oxygens (including phenoxy) is 2. The average Bonchev–Trinajstić information content (AvgIpc) is 3.48. The van der Waals surface area contributed by atoms with Gasteiger partial charge >= 0.3 is 12.1 Å². The van der Waals surface area contributed by atoms with Crippen molar-refractivity contribution >= 4 is 29.5 Å². The van der Waals surface area contributed by atoms with Gasteiger partial charge < -0.3 is 29.7 Å². The summed E-state index contributed by atoms with van der Waals surface area (Å²) >= 11 is 0. The topological polar surface area (TPSA) is 143 Å². The molecule has 1 aromatic carbocycles. The van der Waals surface area contributed by atoms with E-state index in [2.05, 4.69) is 37.1 Å². The lowest BCUT2D eigenvalue weighted by Crippen LogP contribution is -2.63. The third-order valence-electron chi connectivity index (χ3n) is 13.5. The Kier molecular flexibility index (Phi) is 7.92. The van der Waals surface area contributed by atoms with Gasteiger partial charge in [-0.15, -0.1) is 0 Å². The Morgan fingerprint density at radius 3 is 2.45 bits per heavy atom. The Labute approximate surface area is 304 Å². The van der Waals surface area contributed by atoms with Gasteiger partial charge in [-0.3, -0.25) is 4.79 Å². The number of alkyl halides is 3. The summed E-state index contributed by atoms with van der Waals surface area (Å²) in [6.07, 6.45) is 4.55. The molecule has 280 valence electrons. The molecule has 3 aliphatic heterocycles. The van der Waals surface area contributed by atoms with Crippen LogP contribution in [-0.2, 0) is 21.1 Å². The van der Waals surface area contributed by atoms with Crippen LogP contribution in [0.5, 0.6) is 5.75 Å². The van der Waals surface area contributed by atoms with Gasteiger partial charge in [0.1, 0.15) is 17.4 Å². The minimum absolute atomic E-state index is 0.0229. The minimum atomic E-state index is -5.00. The van der Waals surface area contributed by atoms with Crippen molar-refractivity contribution < 1.29 is 37.3 Å². The normalized spacial score (nSPS) is 30.2. The van der Waals surface area contributed by atoms with Gasteiger partial charge in [0, 0.05) is 75.4 Å². The third kappa shape index (κ3) is 5.51. The van der Waals surface area contributed by atoms with Crippen LogP contribution in [0.4, 0.5) is 30.8 Å². The number of amides is 1. The molecule has 2 aromatic heterocycles. The highest BCUT2D eigenvalue weighted by Crippen LogP contribution is 2.70. The van der Waals surface area contributed by atoms with Crippen LogP contribution in [0.15, 0.2) is 42.9 Å². The number of piperidine rings is 1. The van der Waals surface area contributed by atoms with Crippen LogP contribution in [0.3, 0.4) is 0 Å². The second-order valence-electron chi connectivity index (χ2n) is 16.1. The van der Waals surface area contributed by atoms with Crippen molar-refractivity contribution in [1.29, 1.82) is 0 Å². The number of nitrogens with zero attached hydrogens (tertiary/aromatic N) is 6. The number of anilines is 3. The van der Waals surface area contributed by atoms with E-state index < -0.39 is 40.3 Å².